The summed E-state index contributed by atoms with van der Waals surface area (Å²) in [5.74, 6) is 0. The topological polar surface area (TPSA) is 9.86 Å². The smallest absolute Gasteiger partial charge is 0.0734 e. The fraction of sp³-hybridized carbons (Fsp3) is 0. The summed E-state index contributed by atoms with van der Waals surface area (Å²) in [5.41, 5.74) is 12.2. The van der Waals surface area contributed by atoms with Crippen molar-refractivity contribution in [3.8, 4) is 33.6 Å². The summed E-state index contributed by atoms with van der Waals surface area (Å²) >= 11 is 9.66. The number of thiophene rings is 5. The number of benzene rings is 12. The molecule has 7 heterocycles. The predicted octanol–water partition coefficient (Wildman–Crippen LogP) is 23.1. The van der Waals surface area contributed by atoms with Gasteiger partial charge in [-0.15, -0.1) is 56.7 Å². The van der Waals surface area contributed by atoms with E-state index in [1.807, 2.05) is 56.7 Å². The van der Waals surface area contributed by atoms with E-state index < -0.39 is 0 Å². The number of rotatable bonds is 4. The third-order valence-electron chi connectivity index (χ3n) is 16.9. The van der Waals surface area contributed by atoms with E-state index in [4.69, 9.17) is 0 Å². The van der Waals surface area contributed by atoms with Crippen LogP contribution in [0.1, 0.15) is 0 Å². The number of para-hydroxylation sites is 1. The van der Waals surface area contributed by atoms with Crippen molar-refractivity contribution in [2.24, 2.45) is 0 Å². The second kappa shape index (κ2) is 16.0. The molecule has 2 nitrogen and oxygen atoms in total. The van der Waals surface area contributed by atoms with Crippen LogP contribution < -0.4 is 0 Å². The quantitative estimate of drug-likeness (QED) is 0.166. The van der Waals surface area contributed by atoms with Crippen LogP contribution in [0.5, 0.6) is 0 Å². The Morgan fingerprint density at radius 3 is 1.29 bits per heavy atom. The van der Waals surface area contributed by atoms with Gasteiger partial charge < -0.3 is 9.13 Å². The van der Waals surface area contributed by atoms with Gasteiger partial charge in [0.25, 0.3) is 0 Å². The van der Waals surface area contributed by atoms with Crippen LogP contribution in [-0.2, 0) is 0 Å². The standard InChI is InChI=1S/C72H38N2S5/c1-2-14-39(15-3-1)40-26-30-43(31-27-40)73-53-21-9-4-17-46(53)65-67(73)72-64(62-49-19-7-12-24-57(49)77-70(62)65)52-36-41(29-34-60(52)79-72)42-28-33-47-54(37-42)74(44-32-35-59-51(38-44)45-16-5-10-22-55(45)75-59)68-66(47)69-61(48-18-6-11-23-56(48)76-69)63-50-20-8-13-25-58(50)78-71(63)68/h1-38H. The highest BCUT2D eigenvalue weighted by atomic mass is 32.1. The van der Waals surface area contributed by atoms with Crippen LogP contribution in [0, 0.1) is 0 Å². The summed E-state index contributed by atoms with van der Waals surface area (Å²) in [5, 5.41) is 18.6. The highest BCUT2D eigenvalue weighted by Crippen LogP contribution is 2.55. The molecule has 0 aliphatic carbocycles. The van der Waals surface area contributed by atoms with Crippen molar-refractivity contribution in [1.82, 2.24) is 9.13 Å². The molecule has 0 aliphatic heterocycles. The molecule has 0 radical (unpaired) electrons. The van der Waals surface area contributed by atoms with E-state index in [0.29, 0.717) is 0 Å². The Kier molecular flexibility index (Phi) is 8.77. The summed E-state index contributed by atoms with van der Waals surface area (Å²) < 4.78 is 18.5. The van der Waals surface area contributed by atoms with E-state index in [-0.39, 0.29) is 0 Å². The number of fused-ring (bicyclic) bond motifs is 27. The fourth-order valence-electron chi connectivity index (χ4n) is 13.5. The first-order valence-electron chi connectivity index (χ1n) is 26.7. The van der Waals surface area contributed by atoms with Crippen molar-refractivity contribution in [3.05, 3.63) is 231 Å². The van der Waals surface area contributed by atoms with Crippen LogP contribution >= 0.6 is 56.7 Å². The molecule has 0 atom stereocenters. The number of aromatic nitrogens is 2. The fourth-order valence-corrected chi connectivity index (χ4v) is 19.6. The van der Waals surface area contributed by atoms with Gasteiger partial charge in [0.15, 0.2) is 0 Å². The summed E-state index contributed by atoms with van der Waals surface area (Å²) in [6.45, 7) is 0. The van der Waals surface area contributed by atoms with Gasteiger partial charge in [0.1, 0.15) is 0 Å². The third kappa shape index (κ3) is 5.88. The normalized spacial score (nSPS) is 12.6. The molecule has 0 amide bonds. The first-order chi connectivity index (χ1) is 39.2. The van der Waals surface area contributed by atoms with E-state index in [2.05, 4.69) is 240 Å². The molecule has 0 bridgehead atoms. The molecule has 19 rings (SSSR count). The molecule has 0 fully saturated rings. The molecule has 0 spiro atoms. The third-order valence-corrected chi connectivity index (χ3v) is 22.8. The van der Waals surface area contributed by atoms with Gasteiger partial charge in [-0.1, -0.05) is 152 Å². The molecule has 0 N–H and O–H groups in total. The van der Waals surface area contributed by atoms with Crippen LogP contribution in [0.3, 0.4) is 0 Å². The van der Waals surface area contributed by atoms with Gasteiger partial charge in [-0.3, -0.25) is 0 Å². The van der Waals surface area contributed by atoms with Crippen LogP contribution in [0.2, 0.25) is 0 Å². The first-order valence-corrected chi connectivity index (χ1v) is 30.8. The Morgan fingerprint density at radius 2 is 0.633 bits per heavy atom. The zero-order chi connectivity index (χ0) is 51.2. The Morgan fingerprint density at radius 1 is 0.215 bits per heavy atom. The van der Waals surface area contributed by atoms with Gasteiger partial charge in [-0.25, -0.2) is 0 Å². The zero-order valence-electron chi connectivity index (χ0n) is 41.9. The maximum absolute atomic E-state index is 2.63. The highest BCUT2D eigenvalue weighted by molar-refractivity contribution is 7.30. The van der Waals surface area contributed by atoms with Crippen molar-refractivity contribution in [2.45, 2.75) is 0 Å². The molecule has 19 aromatic rings. The molecule has 0 aliphatic rings. The second-order valence-electron chi connectivity index (χ2n) is 21.0. The second-order valence-corrected chi connectivity index (χ2v) is 26.3. The Bertz CT molecular complexity index is 5850. The molecule has 12 aromatic carbocycles. The number of nitrogens with zero attached hydrogens (tertiary/aromatic N) is 2. The van der Waals surface area contributed by atoms with Crippen molar-refractivity contribution < 1.29 is 0 Å². The van der Waals surface area contributed by atoms with E-state index >= 15 is 0 Å². The van der Waals surface area contributed by atoms with Gasteiger partial charge in [0.2, 0.25) is 0 Å². The van der Waals surface area contributed by atoms with Crippen molar-refractivity contribution in [1.29, 1.82) is 0 Å². The molecular weight excluding hydrogens is 1050 g/mol. The highest BCUT2D eigenvalue weighted by Gasteiger charge is 2.28. The maximum Gasteiger partial charge on any atom is 0.0734 e. The Labute approximate surface area is 470 Å². The molecule has 0 unspecified atom stereocenters. The largest absolute Gasteiger partial charge is 0.308 e. The minimum Gasteiger partial charge on any atom is -0.308 e. The molecular formula is C72H38N2S5. The van der Waals surface area contributed by atoms with Crippen molar-refractivity contribution in [2.75, 3.05) is 0 Å². The monoisotopic (exact) mass is 1090 g/mol. The lowest BCUT2D eigenvalue weighted by Crippen LogP contribution is -1.94. The number of hydrogen-bond donors (Lipinski definition) is 0. The lowest BCUT2D eigenvalue weighted by atomic mass is 9.98. The molecule has 7 aromatic heterocycles. The van der Waals surface area contributed by atoms with Gasteiger partial charge in [0.05, 0.1) is 31.5 Å². The van der Waals surface area contributed by atoms with Crippen molar-refractivity contribution in [3.63, 3.8) is 0 Å². The lowest BCUT2D eigenvalue weighted by Gasteiger charge is -2.11. The predicted molar refractivity (Wildman–Crippen MR) is 350 cm³/mol. The van der Waals surface area contributed by atoms with Gasteiger partial charge in [-0.2, -0.15) is 0 Å². The Hall–Kier alpha value is -8.66. The van der Waals surface area contributed by atoms with E-state index in [9.17, 15) is 0 Å². The van der Waals surface area contributed by atoms with Crippen LogP contribution in [0.4, 0.5) is 0 Å². The molecule has 0 saturated carbocycles. The van der Waals surface area contributed by atoms with E-state index in [0.717, 1.165) is 0 Å². The van der Waals surface area contributed by atoms with Gasteiger partial charge >= 0.3 is 0 Å². The van der Waals surface area contributed by atoms with E-state index in [1.54, 1.807) is 0 Å². The van der Waals surface area contributed by atoms with Crippen LogP contribution in [0.15, 0.2) is 231 Å². The van der Waals surface area contributed by atoms with Crippen LogP contribution in [-0.4, -0.2) is 9.13 Å². The minimum absolute atomic E-state index is 1.17. The molecule has 366 valence electrons. The average Bonchev–Trinajstić information content (AvgIpc) is 4.08. The van der Waals surface area contributed by atoms with Crippen molar-refractivity contribution >= 4 is 201 Å². The van der Waals surface area contributed by atoms with E-state index in [1.165, 1.54) is 178 Å². The Balaban J connectivity index is 0.911. The average molecular weight is 1090 g/mol. The number of hydrogen-bond acceptors (Lipinski definition) is 5. The SMILES string of the molecule is c1ccc(-c2ccc(-n3c4ccccc4c4c5sc6ccccc6c5c5c6cc(-c7ccc8c9c%10sc%11ccccc%11c%10c%10c%11ccccc%11sc%10c9n(-c9ccc%10sc%11ccccc%11c%10c9)c8c7)ccc6sc5c43)cc2)cc1. The summed E-state index contributed by atoms with van der Waals surface area (Å²) in [6, 6.07) is 86.9. The minimum atomic E-state index is 1.17. The zero-order valence-corrected chi connectivity index (χ0v) is 46.0. The summed E-state index contributed by atoms with van der Waals surface area (Å²) in [6.07, 6.45) is 0. The lowest BCUT2D eigenvalue weighted by molar-refractivity contribution is 1.19. The van der Waals surface area contributed by atoms with Gasteiger partial charge in [-0.05, 0) is 101 Å². The first kappa shape index (κ1) is 43.3. The molecule has 7 heteroatoms. The summed E-state index contributed by atoms with van der Waals surface area (Å²) in [7, 11) is 0. The van der Waals surface area contributed by atoms with Gasteiger partial charge in [0, 0.05) is 124 Å². The van der Waals surface area contributed by atoms with Crippen LogP contribution in [0.25, 0.3) is 178 Å². The molecule has 79 heavy (non-hydrogen) atoms. The maximum atomic E-state index is 2.63. The molecule has 0 saturated heterocycles. The summed E-state index contributed by atoms with van der Waals surface area (Å²) in [4.78, 5) is 0.